The fourth-order valence-electron chi connectivity index (χ4n) is 3.99. The third kappa shape index (κ3) is 9.44. The first kappa shape index (κ1) is 25.0. The summed E-state index contributed by atoms with van der Waals surface area (Å²) in [6.45, 7) is 6.33. The number of thioether (sulfide) groups is 2. The lowest BCUT2D eigenvalue weighted by molar-refractivity contribution is 0.0791. The zero-order valence-electron chi connectivity index (χ0n) is 19.4. The van der Waals surface area contributed by atoms with Crippen LogP contribution in [0.5, 0.6) is 0 Å². The summed E-state index contributed by atoms with van der Waals surface area (Å²) in [5.41, 5.74) is 4.36. The maximum absolute atomic E-state index is 6.06. The minimum absolute atomic E-state index is 0.286. The Morgan fingerprint density at radius 1 is 0.688 bits per heavy atom. The Morgan fingerprint density at radius 2 is 1.12 bits per heavy atom. The largest absolute Gasteiger partial charge is 0.376 e. The molecular formula is C29H36OS2. The van der Waals surface area contributed by atoms with E-state index in [1.54, 1.807) is 0 Å². The molecule has 32 heavy (non-hydrogen) atoms. The van der Waals surface area contributed by atoms with Gasteiger partial charge in [0.2, 0.25) is 0 Å². The molecular weight excluding hydrogens is 428 g/mol. The van der Waals surface area contributed by atoms with Gasteiger partial charge < -0.3 is 4.74 Å². The lowest BCUT2D eigenvalue weighted by Crippen LogP contribution is -2.27. The molecule has 3 aromatic carbocycles. The maximum Gasteiger partial charge on any atom is 0.0717 e. The van der Waals surface area contributed by atoms with Crippen LogP contribution in [0.15, 0.2) is 91.0 Å². The molecule has 3 aromatic rings. The summed E-state index contributed by atoms with van der Waals surface area (Å²) in [4.78, 5) is 0. The van der Waals surface area contributed by atoms with Gasteiger partial charge in [-0.3, -0.25) is 0 Å². The van der Waals surface area contributed by atoms with E-state index in [1.165, 1.54) is 34.6 Å². The molecule has 0 spiro atoms. The van der Waals surface area contributed by atoms with Crippen molar-refractivity contribution in [1.82, 2.24) is 0 Å². The average Bonchev–Trinajstić information content (AvgIpc) is 2.81. The average molecular weight is 465 g/mol. The van der Waals surface area contributed by atoms with Gasteiger partial charge in [0.25, 0.3) is 0 Å². The second-order valence-electron chi connectivity index (χ2n) is 9.08. The first-order valence-corrected chi connectivity index (χ1v) is 13.8. The minimum Gasteiger partial charge on any atom is -0.376 e. The lowest BCUT2D eigenvalue weighted by atomic mass is 9.85. The smallest absolute Gasteiger partial charge is 0.0717 e. The van der Waals surface area contributed by atoms with E-state index in [4.69, 9.17) is 4.74 Å². The van der Waals surface area contributed by atoms with Crippen LogP contribution in [-0.2, 0) is 22.8 Å². The van der Waals surface area contributed by atoms with E-state index in [9.17, 15) is 0 Å². The molecule has 0 bridgehead atoms. The van der Waals surface area contributed by atoms with Gasteiger partial charge in [0.05, 0.1) is 6.61 Å². The van der Waals surface area contributed by atoms with Crippen molar-refractivity contribution in [2.45, 2.75) is 38.4 Å². The van der Waals surface area contributed by atoms with Crippen molar-refractivity contribution in [3.63, 3.8) is 0 Å². The molecule has 0 aromatic heterocycles. The molecule has 0 saturated heterocycles. The summed E-state index contributed by atoms with van der Waals surface area (Å²) in [7, 11) is 0. The Balaban J connectivity index is 1.50. The van der Waals surface area contributed by atoms with Crippen molar-refractivity contribution < 1.29 is 4.74 Å². The molecule has 1 nitrogen and oxygen atoms in total. The number of rotatable bonds is 14. The molecule has 1 atom stereocenters. The third-order valence-electron chi connectivity index (χ3n) is 5.48. The fraction of sp³-hybridized carbons (Fsp3) is 0.379. The predicted molar refractivity (Wildman–Crippen MR) is 143 cm³/mol. The van der Waals surface area contributed by atoms with E-state index >= 15 is 0 Å². The van der Waals surface area contributed by atoms with E-state index < -0.39 is 0 Å². The quantitative estimate of drug-likeness (QED) is 0.238. The summed E-state index contributed by atoms with van der Waals surface area (Å²) < 4.78 is 6.06. The Hall–Kier alpha value is -1.68. The van der Waals surface area contributed by atoms with Gasteiger partial charge in [-0.25, -0.2) is 0 Å². The van der Waals surface area contributed by atoms with Crippen LogP contribution in [0, 0.1) is 11.3 Å². The van der Waals surface area contributed by atoms with Gasteiger partial charge in [0.1, 0.15) is 0 Å². The van der Waals surface area contributed by atoms with Gasteiger partial charge in [-0.05, 0) is 45.9 Å². The lowest BCUT2D eigenvalue weighted by Gasteiger charge is -2.32. The number of ether oxygens (including phenoxy) is 1. The standard InChI is InChI=1S/C29H36OS2/c1-25(19-30-20-26-12-6-3-7-13-26)18-29(2,23-31-21-27-14-8-4-9-15-27)24-32-22-28-16-10-5-11-17-28/h3-17,25H,18-24H2,1-2H3. The Kier molecular flexibility index (Phi) is 10.7. The molecule has 0 aliphatic rings. The van der Waals surface area contributed by atoms with Crippen molar-refractivity contribution in [3.8, 4) is 0 Å². The van der Waals surface area contributed by atoms with E-state index in [1.807, 2.05) is 0 Å². The second kappa shape index (κ2) is 13.8. The fourth-order valence-corrected chi connectivity index (χ4v) is 6.61. The van der Waals surface area contributed by atoms with Gasteiger partial charge in [0.15, 0.2) is 0 Å². The van der Waals surface area contributed by atoms with E-state index in [-0.39, 0.29) is 5.41 Å². The van der Waals surface area contributed by atoms with E-state index in [0.717, 1.165) is 18.1 Å². The van der Waals surface area contributed by atoms with Crippen LogP contribution in [0.4, 0.5) is 0 Å². The SMILES string of the molecule is CC(COCc1ccccc1)CC(C)(CSCc1ccccc1)CSCc1ccccc1. The Morgan fingerprint density at radius 3 is 1.59 bits per heavy atom. The molecule has 3 heteroatoms. The number of hydrogen-bond acceptors (Lipinski definition) is 3. The molecule has 170 valence electrons. The number of benzene rings is 3. The number of hydrogen-bond donors (Lipinski definition) is 0. The summed E-state index contributed by atoms with van der Waals surface area (Å²) in [5.74, 6) is 5.05. The van der Waals surface area contributed by atoms with E-state index in [0.29, 0.717) is 12.5 Å². The van der Waals surface area contributed by atoms with Gasteiger partial charge in [-0.15, -0.1) is 0 Å². The van der Waals surface area contributed by atoms with Gasteiger partial charge in [0, 0.05) is 18.1 Å². The van der Waals surface area contributed by atoms with E-state index in [2.05, 4.69) is 128 Å². The van der Waals surface area contributed by atoms with Crippen molar-refractivity contribution >= 4 is 23.5 Å². The van der Waals surface area contributed by atoms with Crippen LogP contribution in [0.25, 0.3) is 0 Å². The van der Waals surface area contributed by atoms with Crippen molar-refractivity contribution in [3.05, 3.63) is 108 Å². The predicted octanol–water partition coefficient (Wildman–Crippen LogP) is 8.10. The molecule has 0 aliphatic carbocycles. The topological polar surface area (TPSA) is 9.23 Å². The molecule has 0 amide bonds. The van der Waals surface area contributed by atoms with Gasteiger partial charge in [-0.1, -0.05) is 105 Å². The molecule has 0 fully saturated rings. The van der Waals surface area contributed by atoms with Crippen molar-refractivity contribution in [2.24, 2.45) is 11.3 Å². The van der Waals surface area contributed by atoms with Crippen LogP contribution in [0.1, 0.15) is 37.0 Å². The van der Waals surface area contributed by atoms with Gasteiger partial charge >= 0.3 is 0 Å². The first-order chi connectivity index (χ1) is 15.6. The molecule has 0 N–H and O–H groups in total. The molecule has 0 heterocycles. The van der Waals surface area contributed by atoms with Crippen LogP contribution < -0.4 is 0 Å². The maximum atomic E-state index is 6.06. The zero-order valence-corrected chi connectivity index (χ0v) is 21.0. The third-order valence-corrected chi connectivity index (χ3v) is 8.36. The normalized spacial score (nSPS) is 12.6. The van der Waals surface area contributed by atoms with Gasteiger partial charge in [-0.2, -0.15) is 23.5 Å². The molecule has 1 unspecified atom stereocenters. The zero-order chi connectivity index (χ0) is 22.5. The Labute approximate surface area is 203 Å². The van der Waals surface area contributed by atoms with Crippen molar-refractivity contribution in [2.75, 3.05) is 18.1 Å². The Bertz CT molecular complexity index is 822. The van der Waals surface area contributed by atoms with Crippen LogP contribution >= 0.6 is 23.5 Å². The molecule has 0 aliphatic heterocycles. The molecule has 3 rings (SSSR count). The highest BCUT2D eigenvalue weighted by molar-refractivity contribution is 7.99. The summed E-state index contributed by atoms with van der Waals surface area (Å²) in [5, 5.41) is 0. The molecule has 0 saturated carbocycles. The van der Waals surface area contributed by atoms with Crippen LogP contribution in [0.2, 0.25) is 0 Å². The monoisotopic (exact) mass is 464 g/mol. The summed E-state index contributed by atoms with van der Waals surface area (Å²) >= 11 is 4.14. The summed E-state index contributed by atoms with van der Waals surface area (Å²) in [6, 6.07) is 32.1. The first-order valence-electron chi connectivity index (χ1n) is 11.5. The second-order valence-corrected chi connectivity index (χ2v) is 11.0. The van der Waals surface area contributed by atoms with Crippen molar-refractivity contribution in [1.29, 1.82) is 0 Å². The highest BCUT2D eigenvalue weighted by Gasteiger charge is 2.27. The molecule has 0 radical (unpaired) electrons. The minimum atomic E-state index is 0.286. The highest BCUT2D eigenvalue weighted by atomic mass is 32.2. The highest BCUT2D eigenvalue weighted by Crippen LogP contribution is 2.36. The van der Waals surface area contributed by atoms with Crippen LogP contribution in [-0.4, -0.2) is 18.1 Å². The van der Waals surface area contributed by atoms with Crippen LogP contribution in [0.3, 0.4) is 0 Å². The summed E-state index contributed by atoms with van der Waals surface area (Å²) in [6.07, 6.45) is 1.19.